The van der Waals surface area contributed by atoms with E-state index in [1.165, 1.54) is 10.9 Å². The third-order valence-corrected chi connectivity index (χ3v) is 2.71. The predicted molar refractivity (Wildman–Crippen MR) is 71.4 cm³/mol. The van der Waals surface area contributed by atoms with Gasteiger partial charge in [-0.3, -0.25) is 9.59 Å². The van der Waals surface area contributed by atoms with Gasteiger partial charge in [0.05, 0.1) is 0 Å². The Labute approximate surface area is 115 Å². The lowest BCUT2D eigenvalue weighted by Gasteiger charge is -2.00. The van der Waals surface area contributed by atoms with Gasteiger partial charge in [0.25, 0.3) is 0 Å². The van der Waals surface area contributed by atoms with Crippen LogP contribution in [0.5, 0.6) is 0 Å². The molecular weight excluding hydrogens is 277 g/mol. The van der Waals surface area contributed by atoms with Gasteiger partial charge in [-0.05, 0) is 12.8 Å². The number of halogens is 2. The highest BCUT2D eigenvalue weighted by atomic mass is 35.5. The minimum absolute atomic E-state index is 0.142. The lowest BCUT2D eigenvalue weighted by atomic mass is 10.3. The van der Waals surface area contributed by atoms with Gasteiger partial charge in [-0.15, -0.1) is 28.3 Å². The molecule has 0 saturated carbocycles. The number of carbonyl (C=O) groups is 2. The fraction of sp³-hybridized carbons (Fsp3) is 0.545. The molecule has 0 saturated heterocycles. The zero-order valence-corrected chi connectivity index (χ0v) is 11.4. The summed E-state index contributed by atoms with van der Waals surface area (Å²) in [5.74, 6) is 0.952. The Balaban J connectivity index is 2.47. The van der Waals surface area contributed by atoms with Crippen LogP contribution in [0.4, 0.5) is 5.82 Å². The second kappa shape index (κ2) is 8.11. The lowest BCUT2D eigenvalue weighted by Crippen LogP contribution is -2.14. The molecule has 1 N–H and O–H groups in total. The molecule has 1 aromatic heterocycles. The summed E-state index contributed by atoms with van der Waals surface area (Å²) in [5.41, 5.74) is 0. The van der Waals surface area contributed by atoms with Crippen molar-refractivity contribution in [2.75, 3.05) is 17.1 Å². The summed E-state index contributed by atoms with van der Waals surface area (Å²) < 4.78 is 1.21. The van der Waals surface area contributed by atoms with Crippen LogP contribution in [-0.2, 0) is 4.79 Å². The highest BCUT2D eigenvalue weighted by molar-refractivity contribution is 6.18. The normalized spacial score (nSPS) is 10.3. The molecule has 0 spiro atoms. The topological polar surface area (TPSA) is 64.0 Å². The molecule has 0 aliphatic carbocycles. The van der Waals surface area contributed by atoms with E-state index < -0.39 is 0 Å². The fourth-order valence-electron chi connectivity index (χ4n) is 1.29. The molecular formula is C11H15Cl2N3O2. The van der Waals surface area contributed by atoms with Crippen LogP contribution in [-0.4, -0.2) is 33.4 Å². The first-order valence-corrected chi connectivity index (χ1v) is 6.75. The molecule has 0 atom stereocenters. The summed E-state index contributed by atoms with van der Waals surface area (Å²) in [7, 11) is 0. The van der Waals surface area contributed by atoms with Gasteiger partial charge in [0.1, 0.15) is 0 Å². The largest absolute Gasteiger partial charge is 0.309 e. The van der Waals surface area contributed by atoms with Crippen LogP contribution in [0.15, 0.2) is 12.3 Å². The second-order valence-electron chi connectivity index (χ2n) is 3.67. The average molecular weight is 292 g/mol. The SMILES string of the molecule is O=C(CCCCl)Nc1ccn(C(=O)CCCCl)n1. The van der Waals surface area contributed by atoms with Crippen molar-refractivity contribution in [3.8, 4) is 0 Å². The quantitative estimate of drug-likeness (QED) is 0.785. The first kappa shape index (κ1) is 15.0. The van der Waals surface area contributed by atoms with Crippen LogP contribution < -0.4 is 5.32 Å². The monoisotopic (exact) mass is 291 g/mol. The molecule has 0 unspecified atom stereocenters. The number of carbonyl (C=O) groups excluding carboxylic acids is 2. The van der Waals surface area contributed by atoms with Crippen LogP contribution in [0.25, 0.3) is 0 Å². The van der Waals surface area contributed by atoms with Crippen molar-refractivity contribution in [3.63, 3.8) is 0 Å². The fourth-order valence-corrected chi connectivity index (χ4v) is 1.56. The van der Waals surface area contributed by atoms with E-state index in [1.807, 2.05) is 0 Å². The molecule has 0 bridgehead atoms. The molecule has 1 amide bonds. The first-order chi connectivity index (χ1) is 8.67. The summed E-state index contributed by atoms with van der Waals surface area (Å²) in [5, 5.41) is 6.57. The molecule has 0 radical (unpaired) electrons. The summed E-state index contributed by atoms with van der Waals surface area (Å²) >= 11 is 11.0. The number of anilines is 1. The van der Waals surface area contributed by atoms with Gasteiger partial charge in [0, 0.05) is 36.9 Å². The highest BCUT2D eigenvalue weighted by Crippen LogP contribution is 2.06. The highest BCUT2D eigenvalue weighted by Gasteiger charge is 2.08. The molecule has 0 aliphatic heterocycles. The van der Waals surface area contributed by atoms with Gasteiger partial charge in [0.2, 0.25) is 11.8 Å². The van der Waals surface area contributed by atoms with Crippen molar-refractivity contribution >= 4 is 40.8 Å². The van der Waals surface area contributed by atoms with Crippen LogP contribution in [0.3, 0.4) is 0 Å². The van der Waals surface area contributed by atoms with Crippen molar-refractivity contribution in [1.29, 1.82) is 0 Å². The smallest absolute Gasteiger partial charge is 0.246 e. The number of nitrogens with zero attached hydrogens (tertiary/aromatic N) is 2. The maximum absolute atomic E-state index is 11.6. The third kappa shape index (κ3) is 5.06. The van der Waals surface area contributed by atoms with E-state index in [4.69, 9.17) is 23.2 Å². The molecule has 1 heterocycles. The third-order valence-electron chi connectivity index (χ3n) is 2.17. The van der Waals surface area contributed by atoms with Crippen molar-refractivity contribution in [1.82, 2.24) is 9.78 Å². The van der Waals surface area contributed by atoms with Crippen LogP contribution in [0, 0.1) is 0 Å². The standard InChI is InChI=1S/C11H15Cl2N3O2/c12-6-1-3-10(17)14-9-5-8-16(15-9)11(18)4-2-7-13/h5,8H,1-4,6-7H2,(H,14,15,17). The Kier molecular flexibility index (Phi) is 6.75. The van der Waals surface area contributed by atoms with Crippen molar-refractivity contribution in [2.24, 2.45) is 0 Å². The van der Waals surface area contributed by atoms with Crippen molar-refractivity contribution in [2.45, 2.75) is 25.7 Å². The minimum atomic E-state index is -0.158. The molecule has 18 heavy (non-hydrogen) atoms. The molecule has 1 aromatic rings. The maximum atomic E-state index is 11.6. The zero-order valence-electron chi connectivity index (χ0n) is 9.86. The Hall–Kier alpha value is -1.07. The second-order valence-corrected chi connectivity index (χ2v) is 4.43. The number of rotatable bonds is 7. The van der Waals surface area contributed by atoms with Gasteiger partial charge in [-0.25, -0.2) is 4.68 Å². The number of hydrogen-bond donors (Lipinski definition) is 1. The van der Waals surface area contributed by atoms with Gasteiger partial charge in [-0.1, -0.05) is 0 Å². The minimum Gasteiger partial charge on any atom is -0.309 e. The first-order valence-electron chi connectivity index (χ1n) is 5.68. The number of alkyl halides is 2. The van der Waals surface area contributed by atoms with Crippen LogP contribution >= 0.6 is 23.2 Å². The summed E-state index contributed by atoms with van der Waals surface area (Å²) in [6, 6.07) is 1.58. The van der Waals surface area contributed by atoms with Crippen LogP contribution in [0.1, 0.15) is 30.5 Å². The van der Waals surface area contributed by atoms with E-state index in [0.29, 0.717) is 43.3 Å². The van der Waals surface area contributed by atoms with E-state index in [9.17, 15) is 9.59 Å². The summed E-state index contributed by atoms with van der Waals surface area (Å²) in [6.45, 7) is 0. The van der Waals surface area contributed by atoms with E-state index in [-0.39, 0.29) is 11.8 Å². The number of aromatic nitrogens is 2. The molecule has 7 heteroatoms. The number of amides is 1. The van der Waals surface area contributed by atoms with Gasteiger partial charge in [-0.2, -0.15) is 0 Å². The van der Waals surface area contributed by atoms with E-state index in [1.54, 1.807) is 6.07 Å². The Morgan fingerprint density at radius 3 is 2.56 bits per heavy atom. The van der Waals surface area contributed by atoms with Gasteiger partial charge in [0.15, 0.2) is 5.82 Å². The van der Waals surface area contributed by atoms with E-state index in [2.05, 4.69) is 10.4 Å². The van der Waals surface area contributed by atoms with Gasteiger partial charge >= 0.3 is 0 Å². The number of hydrogen-bond acceptors (Lipinski definition) is 3. The molecule has 1 rings (SSSR count). The molecule has 0 aromatic carbocycles. The summed E-state index contributed by atoms with van der Waals surface area (Å²) in [6.07, 6.45) is 3.43. The number of nitrogens with one attached hydrogen (secondary N) is 1. The molecule has 0 fully saturated rings. The molecule has 100 valence electrons. The van der Waals surface area contributed by atoms with Crippen LogP contribution in [0.2, 0.25) is 0 Å². The Morgan fingerprint density at radius 1 is 1.22 bits per heavy atom. The zero-order chi connectivity index (χ0) is 13.4. The predicted octanol–water partition coefficient (Wildman–Crippen LogP) is 2.50. The van der Waals surface area contributed by atoms with E-state index in [0.717, 1.165) is 0 Å². The maximum Gasteiger partial charge on any atom is 0.246 e. The Bertz CT molecular complexity index is 407. The summed E-state index contributed by atoms with van der Waals surface area (Å²) in [4.78, 5) is 23.0. The molecule has 5 nitrogen and oxygen atoms in total. The Morgan fingerprint density at radius 2 is 1.89 bits per heavy atom. The average Bonchev–Trinajstić information content (AvgIpc) is 2.82. The van der Waals surface area contributed by atoms with Crippen molar-refractivity contribution in [3.05, 3.63) is 12.3 Å². The lowest BCUT2D eigenvalue weighted by molar-refractivity contribution is -0.116. The molecule has 0 aliphatic rings. The van der Waals surface area contributed by atoms with Crippen molar-refractivity contribution < 1.29 is 9.59 Å². The van der Waals surface area contributed by atoms with Gasteiger partial charge < -0.3 is 5.32 Å². The van der Waals surface area contributed by atoms with E-state index >= 15 is 0 Å².